The smallest absolute Gasteiger partial charge is 0.0967 e. The van der Waals surface area contributed by atoms with Gasteiger partial charge in [-0.25, -0.2) is 0 Å². The molecule has 12 aliphatic rings. The van der Waals surface area contributed by atoms with Crippen molar-refractivity contribution in [3.8, 4) is 0 Å². The molecule has 0 amide bonds. The Balaban J connectivity index is 0.000000211. The van der Waals surface area contributed by atoms with E-state index in [1.165, 1.54) is 185 Å². The fourth-order valence-electron chi connectivity index (χ4n) is 21.0. The van der Waals surface area contributed by atoms with Crippen LogP contribution in [0.2, 0.25) is 0 Å². The SMILES string of the molecule is C.C=CCCC1CCC(C(C)C)C1.C=CCCC1CCC(C(C)C)C1.C=CCCC1CCC(C(c2ccccc2)c2ccccc2)C1.CC1=CC2CC3C=C(C(C)(C)C)C=CC3C2C=C1.CC1=CC2CC3C=C(C(C)(C)C)C=CC3C2C=C1.CC1=CC2CC3C=C(C(C)(C)C)C=CC3C2C=C1.CCC.CCCc1ccccc1.ClCCl. The maximum Gasteiger partial charge on any atom is 0.0967 e. The first kappa shape index (κ1) is 99.2. The van der Waals surface area contributed by atoms with Gasteiger partial charge in [-0.15, -0.1) is 42.9 Å². The molecule has 18 atom stereocenters. The van der Waals surface area contributed by atoms with Gasteiger partial charge >= 0.3 is 0 Å². The molecule has 6 fully saturated rings. The van der Waals surface area contributed by atoms with Crippen molar-refractivity contribution >= 4 is 23.2 Å². The minimum absolute atomic E-state index is 0. The van der Waals surface area contributed by atoms with Crippen LogP contribution in [-0.2, 0) is 6.42 Å². The molecular weight excluding hydrogens is 1440 g/mol. The van der Waals surface area contributed by atoms with E-state index in [4.69, 9.17) is 23.2 Å². The van der Waals surface area contributed by atoms with E-state index in [2.05, 4.69) is 370 Å². The third-order valence-electron chi connectivity index (χ3n) is 27.5. The van der Waals surface area contributed by atoms with Crippen LogP contribution < -0.4 is 0 Å². The average molecular weight is 1610 g/mol. The first-order chi connectivity index (χ1) is 55.0. The number of allylic oxidation sites excluding steroid dienone is 27. The fraction of sp³-hybridized carbons (Fsp3) is 0.579. The minimum Gasteiger partial charge on any atom is -0.109 e. The van der Waals surface area contributed by atoms with Gasteiger partial charge in [0.25, 0.3) is 0 Å². The van der Waals surface area contributed by atoms with E-state index < -0.39 is 0 Å². The van der Waals surface area contributed by atoms with E-state index in [1.807, 2.05) is 0 Å². The van der Waals surface area contributed by atoms with Crippen molar-refractivity contribution < 1.29 is 0 Å². The van der Waals surface area contributed by atoms with Crippen molar-refractivity contribution in [2.24, 2.45) is 135 Å². The molecule has 0 bridgehead atoms. The Morgan fingerprint density at radius 1 is 0.371 bits per heavy atom. The Morgan fingerprint density at radius 2 is 0.629 bits per heavy atom. The van der Waals surface area contributed by atoms with Crippen LogP contribution in [0, 0.1) is 135 Å². The number of aryl methyl sites for hydroxylation is 1. The summed E-state index contributed by atoms with van der Waals surface area (Å²) in [6, 6.07) is 32.7. The van der Waals surface area contributed by atoms with Gasteiger partial charge in [0, 0.05) is 5.92 Å². The lowest BCUT2D eigenvalue weighted by Gasteiger charge is -2.29. The average Bonchev–Trinajstić information content (AvgIpc) is 1.64. The lowest BCUT2D eigenvalue weighted by atomic mass is 9.76. The normalized spacial score (nSPS) is 28.9. The second kappa shape index (κ2) is 49.9. The molecule has 2 heteroatoms. The van der Waals surface area contributed by atoms with Crippen LogP contribution in [0.3, 0.4) is 0 Å². The monoisotopic (exact) mass is 1610 g/mol. The molecule has 0 aromatic heterocycles. The predicted octanol–water partition coefficient (Wildman–Crippen LogP) is 35.1. The van der Waals surface area contributed by atoms with Crippen LogP contribution in [-0.4, -0.2) is 5.34 Å². The largest absolute Gasteiger partial charge is 0.109 e. The van der Waals surface area contributed by atoms with Crippen molar-refractivity contribution in [1.29, 1.82) is 0 Å². The molecule has 18 unspecified atom stereocenters. The lowest BCUT2D eigenvalue weighted by molar-refractivity contribution is 0.373. The number of rotatable bonds is 16. The zero-order chi connectivity index (χ0) is 83.8. The summed E-state index contributed by atoms with van der Waals surface area (Å²) < 4.78 is 0. The number of fused-ring (bicyclic) bond motifs is 9. The highest BCUT2D eigenvalue weighted by molar-refractivity contribution is 6.40. The fourth-order valence-corrected chi connectivity index (χ4v) is 21.0. The summed E-state index contributed by atoms with van der Waals surface area (Å²) in [5, 5.41) is 0.194. The van der Waals surface area contributed by atoms with Gasteiger partial charge in [-0.05, 0) is 292 Å². The maximum atomic E-state index is 4.76. The highest BCUT2D eigenvalue weighted by Crippen LogP contribution is 2.54. The van der Waals surface area contributed by atoms with Gasteiger partial charge in [-0.2, -0.15) is 0 Å². The molecular formula is C114H168Cl2. The molecule has 15 rings (SSSR count). The van der Waals surface area contributed by atoms with Crippen molar-refractivity contribution in [2.45, 2.75) is 280 Å². The van der Waals surface area contributed by atoms with Crippen molar-refractivity contribution in [2.75, 3.05) is 5.34 Å². The van der Waals surface area contributed by atoms with Crippen LogP contribution in [0.5, 0.6) is 0 Å². The molecule has 638 valence electrons. The van der Waals surface area contributed by atoms with Gasteiger partial charge in [-0.3, -0.25) is 0 Å². The van der Waals surface area contributed by atoms with Crippen molar-refractivity contribution in [1.82, 2.24) is 0 Å². The highest BCUT2D eigenvalue weighted by atomic mass is 35.5. The Morgan fingerprint density at radius 3 is 0.888 bits per heavy atom. The summed E-state index contributed by atoms with van der Waals surface area (Å²) in [5.74, 6) is 17.1. The molecule has 0 nitrogen and oxygen atoms in total. The lowest BCUT2D eigenvalue weighted by Crippen LogP contribution is -2.19. The second-order valence-electron chi connectivity index (χ2n) is 40.4. The van der Waals surface area contributed by atoms with Gasteiger partial charge in [0.05, 0.1) is 5.34 Å². The van der Waals surface area contributed by atoms with Crippen LogP contribution in [0.4, 0.5) is 0 Å². The molecule has 0 aliphatic heterocycles. The Bertz CT molecular complexity index is 3450. The molecule has 0 saturated heterocycles. The Kier molecular flexibility index (Phi) is 42.7. The first-order valence-electron chi connectivity index (χ1n) is 46.4. The maximum absolute atomic E-state index is 4.76. The van der Waals surface area contributed by atoms with Crippen LogP contribution in [0.15, 0.2) is 272 Å². The zero-order valence-electron chi connectivity index (χ0n) is 76.3. The van der Waals surface area contributed by atoms with Gasteiger partial charge < -0.3 is 0 Å². The standard InChI is InChI=1S/C22H26.3C18H24.2C12H22.C9H12.C3H8.CH2Cl2.CH4/c1-2-3-10-18-15-16-21(17-18)22(19-11-6-4-7-12-19)20-13-8-5-9-14-20;3*1-12-5-7-16-13(9-12)10-14-11-15(18(2,3)4)6-8-17(14)16;2*1-4-5-6-11-7-8-12(9-11)10(2)3;1-2-6-9-7-4-3-5-8-9;1-3-2;2-1-3;/h2,4-9,11-14,18,21-22H,1,3,10,15-17H2;3*5-9,11,13-14,16-17H,10H2,1-4H3;2*4,10-12H,1,5-9H2,2-3H3;3-5,7-8H,2,6H2,1H3;3H2,1-2H3;1H2;1H4. The van der Waals surface area contributed by atoms with Crippen LogP contribution >= 0.6 is 23.2 Å². The summed E-state index contributed by atoms with van der Waals surface area (Å²) >= 11 is 9.53. The topological polar surface area (TPSA) is 0 Å². The summed E-state index contributed by atoms with van der Waals surface area (Å²) in [5.41, 5.74) is 14.2. The molecule has 0 radical (unpaired) electrons. The Hall–Kier alpha value is -5.66. The van der Waals surface area contributed by atoms with Crippen LogP contribution in [0.25, 0.3) is 0 Å². The van der Waals surface area contributed by atoms with Gasteiger partial charge in [-0.1, -0.05) is 386 Å². The third kappa shape index (κ3) is 31.1. The highest BCUT2D eigenvalue weighted by Gasteiger charge is 2.44. The van der Waals surface area contributed by atoms with E-state index in [-0.39, 0.29) is 29.0 Å². The molecule has 3 aromatic carbocycles. The number of benzene rings is 3. The summed E-state index contributed by atoms with van der Waals surface area (Å²) in [7, 11) is 0. The summed E-state index contributed by atoms with van der Waals surface area (Å²) in [6.45, 7) is 54.8. The number of alkyl halides is 2. The molecule has 12 aliphatic carbocycles. The Labute approximate surface area is 726 Å². The molecule has 3 aromatic rings. The van der Waals surface area contributed by atoms with Crippen LogP contribution in [0.1, 0.15) is 290 Å². The first-order valence-corrected chi connectivity index (χ1v) is 47.4. The molecule has 0 N–H and O–H groups in total. The quantitative estimate of drug-likeness (QED) is 0.0990. The third-order valence-corrected chi connectivity index (χ3v) is 27.5. The molecule has 6 saturated carbocycles. The van der Waals surface area contributed by atoms with E-state index in [0.717, 1.165) is 118 Å². The van der Waals surface area contributed by atoms with E-state index >= 15 is 0 Å². The summed E-state index contributed by atoms with van der Waals surface area (Å²) in [4.78, 5) is 0. The molecule has 116 heavy (non-hydrogen) atoms. The minimum atomic E-state index is 0. The van der Waals surface area contributed by atoms with Gasteiger partial charge in [0.2, 0.25) is 0 Å². The zero-order valence-corrected chi connectivity index (χ0v) is 77.9. The molecule has 0 spiro atoms. The van der Waals surface area contributed by atoms with E-state index in [9.17, 15) is 0 Å². The second-order valence-corrected chi connectivity index (χ2v) is 41.2. The van der Waals surface area contributed by atoms with Crippen molar-refractivity contribution in [3.05, 3.63) is 288 Å². The van der Waals surface area contributed by atoms with Gasteiger partial charge in [0.1, 0.15) is 0 Å². The molecule has 0 heterocycles. The summed E-state index contributed by atoms with van der Waals surface area (Å²) in [6.07, 6.45) is 78.5. The predicted molar refractivity (Wildman–Crippen MR) is 519 cm³/mol. The van der Waals surface area contributed by atoms with Crippen molar-refractivity contribution in [3.63, 3.8) is 0 Å². The van der Waals surface area contributed by atoms with E-state index in [1.54, 1.807) is 0 Å². The number of hydrogen-bond acceptors (Lipinski definition) is 0. The van der Waals surface area contributed by atoms with Gasteiger partial charge in [0.15, 0.2) is 0 Å². The number of halogens is 2. The van der Waals surface area contributed by atoms with E-state index in [0.29, 0.717) is 5.92 Å². The number of hydrogen-bond donors (Lipinski definition) is 0.